The van der Waals surface area contributed by atoms with Gasteiger partial charge in [-0.25, -0.2) is 0 Å². The Kier molecular flexibility index (Phi) is 4.28. The summed E-state index contributed by atoms with van der Waals surface area (Å²) < 4.78 is 46.7. The van der Waals surface area contributed by atoms with Crippen LogP contribution in [0.2, 0.25) is 0 Å². The second-order valence-corrected chi connectivity index (χ2v) is 6.35. The third-order valence-electron chi connectivity index (χ3n) is 4.50. The van der Waals surface area contributed by atoms with Crippen molar-refractivity contribution in [3.05, 3.63) is 53.1 Å². The minimum Gasteiger partial charge on any atom is -0.406 e. The highest BCUT2D eigenvalue weighted by Crippen LogP contribution is 2.36. The van der Waals surface area contributed by atoms with Gasteiger partial charge in [0.25, 0.3) is 5.89 Å². The van der Waals surface area contributed by atoms with Gasteiger partial charge in [0, 0.05) is 17.2 Å². The Hall–Kier alpha value is -3.38. The van der Waals surface area contributed by atoms with Crippen molar-refractivity contribution in [2.75, 3.05) is 0 Å². The van der Waals surface area contributed by atoms with Crippen LogP contribution in [0.4, 0.5) is 13.2 Å². The first kappa shape index (κ1) is 18.0. The van der Waals surface area contributed by atoms with E-state index in [1.807, 2.05) is 18.2 Å². The molecule has 1 aromatic heterocycles. The topological polar surface area (TPSA) is 98.0 Å². The molecule has 0 aliphatic heterocycles. The minimum absolute atomic E-state index is 0.0148. The maximum Gasteiger partial charge on any atom is 0.573 e. The van der Waals surface area contributed by atoms with Crippen LogP contribution >= 0.6 is 0 Å². The van der Waals surface area contributed by atoms with Crippen LogP contribution in [-0.4, -0.2) is 16.5 Å². The molecular formula is C19H13F3N4O2. The molecule has 0 unspecified atom stereocenters. The summed E-state index contributed by atoms with van der Waals surface area (Å²) in [4.78, 5) is 4.30. The molecule has 0 spiro atoms. The molecule has 6 nitrogen and oxygen atoms in total. The quantitative estimate of drug-likeness (QED) is 0.727. The Morgan fingerprint density at radius 1 is 1.25 bits per heavy atom. The Balaban J connectivity index is 1.73. The summed E-state index contributed by atoms with van der Waals surface area (Å²) in [6.07, 6.45) is -3.28. The van der Waals surface area contributed by atoms with Crippen molar-refractivity contribution in [3.8, 4) is 34.7 Å². The molecule has 142 valence electrons. The summed E-state index contributed by atoms with van der Waals surface area (Å²) in [6.45, 7) is 0. The first-order chi connectivity index (χ1) is 13.3. The van der Waals surface area contributed by atoms with Crippen LogP contribution in [0.5, 0.6) is 5.75 Å². The van der Waals surface area contributed by atoms with E-state index in [4.69, 9.17) is 15.5 Å². The number of hydrogen-bond acceptors (Lipinski definition) is 6. The zero-order valence-electron chi connectivity index (χ0n) is 14.3. The van der Waals surface area contributed by atoms with E-state index in [1.54, 1.807) is 6.07 Å². The zero-order chi connectivity index (χ0) is 19.9. The Bertz CT molecular complexity index is 1090. The number of halogens is 3. The fourth-order valence-electron chi connectivity index (χ4n) is 3.33. The van der Waals surface area contributed by atoms with Crippen molar-refractivity contribution < 1.29 is 22.4 Å². The van der Waals surface area contributed by atoms with Gasteiger partial charge in [-0.1, -0.05) is 23.4 Å². The van der Waals surface area contributed by atoms with Crippen LogP contribution in [0.1, 0.15) is 29.2 Å². The van der Waals surface area contributed by atoms with Crippen LogP contribution in [0.3, 0.4) is 0 Å². The molecule has 1 atom stereocenters. The van der Waals surface area contributed by atoms with Gasteiger partial charge >= 0.3 is 6.36 Å². The number of rotatable bonds is 3. The van der Waals surface area contributed by atoms with E-state index in [2.05, 4.69) is 14.9 Å². The summed E-state index contributed by atoms with van der Waals surface area (Å²) in [5, 5.41) is 13.0. The van der Waals surface area contributed by atoms with Crippen molar-refractivity contribution in [3.63, 3.8) is 0 Å². The lowest BCUT2D eigenvalue weighted by atomic mass is 10.0. The molecule has 2 aromatic carbocycles. The van der Waals surface area contributed by atoms with E-state index in [0.29, 0.717) is 5.82 Å². The van der Waals surface area contributed by atoms with Gasteiger partial charge in [0.05, 0.1) is 11.6 Å². The predicted molar refractivity (Wildman–Crippen MR) is 91.8 cm³/mol. The number of fused-ring (bicyclic) bond motifs is 1. The van der Waals surface area contributed by atoms with Gasteiger partial charge in [-0.15, -0.1) is 13.2 Å². The van der Waals surface area contributed by atoms with E-state index in [1.165, 1.54) is 6.07 Å². The van der Waals surface area contributed by atoms with E-state index < -0.39 is 12.1 Å². The molecule has 9 heteroatoms. The molecule has 1 heterocycles. The fourth-order valence-corrected chi connectivity index (χ4v) is 3.33. The molecular weight excluding hydrogens is 373 g/mol. The number of nitrogens with two attached hydrogens (primary N) is 1. The standard InChI is InChI=1S/C19H13F3N4O2/c20-19(21,22)27-12-7-10(9-23)6-11(8-12)18-25-17(26-28-18)15-3-1-2-14-13(15)4-5-16(14)24/h1-3,6-8,16H,4-5,24H2/t16-/m0/s1. The van der Waals surface area contributed by atoms with Gasteiger partial charge in [0.15, 0.2) is 0 Å². The van der Waals surface area contributed by atoms with Gasteiger partial charge in [0.1, 0.15) is 5.75 Å². The highest BCUT2D eigenvalue weighted by Gasteiger charge is 2.31. The van der Waals surface area contributed by atoms with Crippen molar-refractivity contribution in [2.24, 2.45) is 5.73 Å². The van der Waals surface area contributed by atoms with Crippen molar-refractivity contribution >= 4 is 0 Å². The number of nitriles is 1. The van der Waals surface area contributed by atoms with Gasteiger partial charge in [-0.2, -0.15) is 10.2 Å². The Morgan fingerprint density at radius 3 is 2.82 bits per heavy atom. The van der Waals surface area contributed by atoms with Gasteiger partial charge in [-0.3, -0.25) is 0 Å². The maximum atomic E-state index is 12.5. The third-order valence-corrected chi connectivity index (χ3v) is 4.50. The third kappa shape index (κ3) is 3.42. The van der Waals surface area contributed by atoms with E-state index in [-0.39, 0.29) is 23.1 Å². The number of nitrogens with zero attached hydrogens (tertiary/aromatic N) is 3. The second kappa shape index (κ2) is 6.65. The molecule has 0 saturated heterocycles. The Labute approximate surface area is 157 Å². The molecule has 0 amide bonds. The Morgan fingerprint density at radius 2 is 2.07 bits per heavy atom. The minimum atomic E-state index is -4.88. The lowest BCUT2D eigenvalue weighted by molar-refractivity contribution is -0.274. The molecule has 4 rings (SSSR count). The van der Waals surface area contributed by atoms with Gasteiger partial charge in [-0.05, 0) is 42.2 Å². The highest BCUT2D eigenvalue weighted by molar-refractivity contribution is 5.67. The predicted octanol–water partition coefficient (Wildman–Crippen LogP) is 4.12. The number of hydrogen-bond donors (Lipinski definition) is 1. The first-order valence-electron chi connectivity index (χ1n) is 8.37. The van der Waals surface area contributed by atoms with Crippen molar-refractivity contribution in [1.29, 1.82) is 5.26 Å². The van der Waals surface area contributed by atoms with Gasteiger partial charge < -0.3 is 15.0 Å². The number of alkyl halides is 3. The first-order valence-corrected chi connectivity index (χ1v) is 8.37. The van der Waals surface area contributed by atoms with Crippen molar-refractivity contribution in [1.82, 2.24) is 10.1 Å². The summed E-state index contributed by atoms with van der Waals surface area (Å²) in [5.41, 5.74) is 9.04. The van der Waals surface area contributed by atoms with Crippen LogP contribution in [0.15, 0.2) is 40.9 Å². The smallest absolute Gasteiger partial charge is 0.406 e. The van der Waals surface area contributed by atoms with Crippen LogP contribution in [0, 0.1) is 11.3 Å². The number of benzene rings is 2. The van der Waals surface area contributed by atoms with E-state index in [0.717, 1.165) is 41.7 Å². The summed E-state index contributed by atoms with van der Waals surface area (Å²) in [7, 11) is 0. The van der Waals surface area contributed by atoms with E-state index >= 15 is 0 Å². The molecule has 1 aliphatic carbocycles. The molecule has 28 heavy (non-hydrogen) atoms. The number of aromatic nitrogens is 2. The van der Waals surface area contributed by atoms with Crippen molar-refractivity contribution in [2.45, 2.75) is 25.2 Å². The average molecular weight is 386 g/mol. The van der Waals surface area contributed by atoms with Crippen LogP contribution in [0.25, 0.3) is 22.8 Å². The van der Waals surface area contributed by atoms with Crippen LogP contribution in [-0.2, 0) is 6.42 Å². The molecule has 3 aromatic rings. The normalized spacial score (nSPS) is 15.9. The maximum absolute atomic E-state index is 12.5. The zero-order valence-corrected chi connectivity index (χ0v) is 14.3. The van der Waals surface area contributed by atoms with Crippen LogP contribution < -0.4 is 10.5 Å². The average Bonchev–Trinajstić information content (AvgIpc) is 3.27. The fraction of sp³-hybridized carbons (Fsp3) is 0.211. The van der Waals surface area contributed by atoms with Gasteiger partial charge in [0.2, 0.25) is 5.82 Å². The largest absolute Gasteiger partial charge is 0.573 e. The lowest BCUT2D eigenvalue weighted by Gasteiger charge is -2.09. The second-order valence-electron chi connectivity index (χ2n) is 6.35. The molecule has 0 fully saturated rings. The molecule has 2 N–H and O–H groups in total. The number of ether oxygens (including phenoxy) is 1. The molecule has 0 bridgehead atoms. The monoisotopic (exact) mass is 386 g/mol. The highest BCUT2D eigenvalue weighted by atomic mass is 19.4. The molecule has 0 saturated carbocycles. The summed E-state index contributed by atoms with van der Waals surface area (Å²) >= 11 is 0. The summed E-state index contributed by atoms with van der Waals surface area (Å²) in [5.74, 6) is -0.242. The lowest BCUT2D eigenvalue weighted by Crippen LogP contribution is -2.17. The molecule has 1 aliphatic rings. The van der Waals surface area contributed by atoms with E-state index in [9.17, 15) is 13.2 Å². The SMILES string of the molecule is N#Cc1cc(OC(F)(F)F)cc(-c2nc(-c3cccc4c3CC[C@@H]4N)no2)c1. The molecule has 0 radical (unpaired) electrons. The summed E-state index contributed by atoms with van der Waals surface area (Å²) in [6, 6.07) is 10.8.